The molecule has 0 spiro atoms. The van der Waals surface area contributed by atoms with Gasteiger partial charge in [0.2, 0.25) is 0 Å². The normalized spacial score (nSPS) is 17.7. The largest absolute Gasteiger partial charge is 0.380 e. The van der Waals surface area contributed by atoms with Crippen LogP contribution in [0.3, 0.4) is 0 Å². The molecule has 1 atom stereocenters. The number of hydrogen-bond acceptors (Lipinski definition) is 8. The van der Waals surface area contributed by atoms with Gasteiger partial charge >= 0.3 is 0 Å². The number of thiophene rings is 1. The van der Waals surface area contributed by atoms with Crippen LogP contribution in [0.25, 0.3) is 10.2 Å². The lowest BCUT2D eigenvalue weighted by Gasteiger charge is -2.20. The standard InChI is InChI=1S/C20H22N4O6S3/c1-2-30-11-10-22-16-13-14(24(26)27)7-8-17(16)32-20(22)21-19(25)15-5-3-9-23(15)33(28,29)18-6-4-12-31-18/h4,6-8,12-13,15H,2-3,5,9-11H2,1H3. The number of nitrogens with zero attached hydrogens (tertiary/aromatic N) is 4. The maximum atomic E-state index is 13.2. The average Bonchev–Trinajstić information content (AvgIpc) is 3.54. The minimum atomic E-state index is -3.78. The zero-order chi connectivity index (χ0) is 23.6. The number of nitro groups is 1. The molecule has 3 aromatic rings. The Labute approximate surface area is 198 Å². The molecule has 13 heteroatoms. The first-order chi connectivity index (χ1) is 15.8. The molecular weight excluding hydrogens is 488 g/mol. The van der Waals surface area contributed by atoms with Crippen LogP contribution in [-0.4, -0.2) is 53.9 Å². The Balaban J connectivity index is 1.73. The molecule has 2 aromatic heterocycles. The van der Waals surface area contributed by atoms with Crippen LogP contribution in [0.1, 0.15) is 19.8 Å². The van der Waals surface area contributed by atoms with Crippen molar-refractivity contribution in [2.24, 2.45) is 4.99 Å². The number of non-ortho nitro benzene ring substituents is 1. The Hall–Kier alpha value is -2.45. The number of nitro benzene ring substituents is 1. The van der Waals surface area contributed by atoms with Crippen molar-refractivity contribution in [3.05, 3.63) is 50.6 Å². The SMILES string of the molecule is CCOCCn1c(=NC(=O)C2CCCN2S(=O)(=O)c2cccs2)sc2ccc([N+](=O)[O-])cc21. The number of hydrogen-bond donors (Lipinski definition) is 0. The molecule has 0 radical (unpaired) electrons. The Morgan fingerprint density at radius 1 is 1.36 bits per heavy atom. The molecule has 3 heterocycles. The van der Waals surface area contributed by atoms with Crippen molar-refractivity contribution in [1.82, 2.24) is 8.87 Å². The zero-order valence-corrected chi connectivity index (χ0v) is 20.2. The van der Waals surface area contributed by atoms with E-state index in [0.29, 0.717) is 42.9 Å². The number of ether oxygens (including phenoxy) is 1. The van der Waals surface area contributed by atoms with E-state index in [1.807, 2.05) is 6.92 Å². The third-order valence-electron chi connectivity index (χ3n) is 5.29. The molecule has 1 saturated heterocycles. The van der Waals surface area contributed by atoms with Crippen molar-refractivity contribution in [2.45, 2.75) is 36.6 Å². The molecule has 0 aliphatic carbocycles. The third kappa shape index (κ3) is 4.77. The molecule has 4 rings (SSSR count). The summed E-state index contributed by atoms with van der Waals surface area (Å²) in [5, 5.41) is 12.9. The van der Waals surface area contributed by atoms with Gasteiger partial charge in [0, 0.05) is 31.8 Å². The van der Waals surface area contributed by atoms with Crippen molar-refractivity contribution in [3.8, 4) is 0 Å². The summed E-state index contributed by atoms with van der Waals surface area (Å²) in [7, 11) is -3.78. The van der Waals surface area contributed by atoms with E-state index < -0.39 is 26.9 Å². The summed E-state index contributed by atoms with van der Waals surface area (Å²) in [6.07, 6.45) is 0.960. The Morgan fingerprint density at radius 3 is 2.88 bits per heavy atom. The van der Waals surface area contributed by atoms with Crippen molar-refractivity contribution in [2.75, 3.05) is 19.8 Å². The number of fused-ring (bicyclic) bond motifs is 1. The molecule has 1 aliphatic heterocycles. The summed E-state index contributed by atoms with van der Waals surface area (Å²) in [5.41, 5.74) is 0.516. The first-order valence-corrected chi connectivity index (χ1v) is 13.5. The van der Waals surface area contributed by atoms with Crippen LogP contribution in [0, 0.1) is 10.1 Å². The van der Waals surface area contributed by atoms with E-state index >= 15 is 0 Å². The summed E-state index contributed by atoms with van der Waals surface area (Å²) >= 11 is 2.34. The fourth-order valence-corrected chi connectivity index (χ4v) is 7.55. The summed E-state index contributed by atoms with van der Waals surface area (Å²) in [6.45, 7) is 3.32. The molecule has 10 nitrogen and oxygen atoms in total. The smallest absolute Gasteiger partial charge is 0.271 e. The Kier molecular flexibility index (Phi) is 7.05. The van der Waals surface area contributed by atoms with Gasteiger partial charge in [0.25, 0.3) is 21.6 Å². The molecule has 0 bridgehead atoms. The number of thiazole rings is 1. The van der Waals surface area contributed by atoms with Crippen molar-refractivity contribution in [3.63, 3.8) is 0 Å². The molecule has 1 unspecified atom stereocenters. The van der Waals surface area contributed by atoms with Crippen molar-refractivity contribution >= 4 is 54.5 Å². The van der Waals surface area contributed by atoms with E-state index in [2.05, 4.69) is 4.99 Å². The molecule has 1 aromatic carbocycles. The number of aromatic nitrogens is 1. The fraction of sp³-hybridized carbons (Fsp3) is 0.400. The van der Waals surface area contributed by atoms with Crippen LogP contribution >= 0.6 is 22.7 Å². The first-order valence-electron chi connectivity index (χ1n) is 10.3. The second-order valence-electron chi connectivity index (χ2n) is 7.30. The van der Waals surface area contributed by atoms with Gasteiger partial charge in [-0.15, -0.1) is 11.3 Å². The van der Waals surface area contributed by atoms with Gasteiger partial charge in [-0.2, -0.15) is 9.30 Å². The van der Waals surface area contributed by atoms with Gasteiger partial charge in [0.15, 0.2) is 4.80 Å². The van der Waals surface area contributed by atoms with Gasteiger partial charge in [-0.05, 0) is 37.3 Å². The van der Waals surface area contributed by atoms with Crippen LogP contribution in [0.2, 0.25) is 0 Å². The van der Waals surface area contributed by atoms with E-state index in [1.165, 1.54) is 33.8 Å². The summed E-state index contributed by atoms with van der Waals surface area (Å²) < 4.78 is 35.3. The van der Waals surface area contributed by atoms with E-state index in [-0.39, 0.29) is 16.4 Å². The topological polar surface area (TPSA) is 124 Å². The van der Waals surface area contributed by atoms with Gasteiger partial charge in [-0.1, -0.05) is 17.4 Å². The highest BCUT2D eigenvalue weighted by Crippen LogP contribution is 2.29. The van der Waals surface area contributed by atoms with Gasteiger partial charge in [-0.25, -0.2) is 8.42 Å². The maximum absolute atomic E-state index is 13.2. The number of carbonyl (C=O) groups is 1. The molecule has 176 valence electrons. The number of rotatable bonds is 8. The summed E-state index contributed by atoms with van der Waals surface area (Å²) in [5.74, 6) is -0.543. The molecule has 33 heavy (non-hydrogen) atoms. The Morgan fingerprint density at radius 2 is 2.18 bits per heavy atom. The zero-order valence-electron chi connectivity index (χ0n) is 17.7. The first kappa shape index (κ1) is 23.7. The lowest BCUT2D eigenvalue weighted by Crippen LogP contribution is -2.40. The van der Waals surface area contributed by atoms with E-state index in [1.54, 1.807) is 22.1 Å². The number of sulfonamides is 1. The second kappa shape index (κ2) is 9.81. The molecule has 1 amide bonds. The van der Waals surface area contributed by atoms with E-state index in [0.717, 1.165) is 16.0 Å². The highest BCUT2D eigenvalue weighted by molar-refractivity contribution is 7.91. The van der Waals surface area contributed by atoms with Crippen LogP contribution in [0.4, 0.5) is 5.69 Å². The monoisotopic (exact) mass is 510 g/mol. The van der Waals surface area contributed by atoms with Crippen LogP contribution < -0.4 is 4.80 Å². The van der Waals surface area contributed by atoms with Gasteiger partial charge in [0.1, 0.15) is 10.3 Å². The fourth-order valence-electron chi connectivity index (χ4n) is 3.74. The summed E-state index contributed by atoms with van der Waals surface area (Å²) in [6, 6.07) is 6.79. The quantitative estimate of drug-likeness (QED) is 0.261. The average molecular weight is 511 g/mol. The predicted octanol–water partition coefficient (Wildman–Crippen LogP) is 2.99. The lowest BCUT2D eigenvalue weighted by molar-refractivity contribution is -0.384. The number of benzene rings is 1. The van der Waals surface area contributed by atoms with Gasteiger partial charge < -0.3 is 9.30 Å². The number of carbonyl (C=O) groups excluding carboxylic acids is 1. The molecule has 0 N–H and O–H groups in total. The van der Waals surface area contributed by atoms with Crippen LogP contribution in [-0.2, 0) is 26.1 Å². The minimum absolute atomic E-state index is 0.0626. The number of amides is 1. The maximum Gasteiger partial charge on any atom is 0.271 e. The van der Waals surface area contributed by atoms with E-state index in [4.69, 9.17) is 4.74 Å². The highest BCUT2D eigenvalue weighted by atomic mass is 32.2. The van der Waals surface area contributed by atoms with Crippen molar-refractivity contribution < 1.29 is 22.9 Å². The Bertz CT molecular complexity index is 1340. The minimum Gasteiger partial charge on any atom is -0.380 e. The molecule has 1 aliphatic rings. The highest BCUT2D eigenvalue weighted by Gasteiger charge is 2.40. The lowest BCUT2D eigenvalue weighted by atomic mass is 10.2. The third-order valence-corrected chi connectivity index (χ3v) is 9.63. The van der Waals surface area contributed by atoms with Crippen LogP contribution in [0.15, 0.2) is 44.9 Å². The van der Waals surface area contributed by atoms with Gasteiger partial charge in [0.05, 0.1) is 21.7 Å². The summed E-state index contributed by atoms with van der Waals surface area (Å²) in [4.78, 5) is 28.6. The van der Waals surface area contributed by atoms with Crippen LogP contribution in [0.5, 0.6) is 0 Å². The van der Waals surface area contributed by atoms with Crippen molar-refractivity contribution in [1.29, 1.82) is 0 Å². The predicted molar refractivity (Wildman–Crippen MR) is 125 cm³/mol. The molecular formula is C20H22N4O6S3. The van der Waals surface area contributed by atoms with E-state index in [9.17, 15) is 23.3 Å². The molecule has 0 saturated carbocycles. The van der Waals surface area contributed by atoms with Gasteiger partial charge in [-0.3, -0.25) is 14.9 Å². The molecule has 1 fully saturated rings. The second-order valence-corrected chi connectivity index (χ2v) is 11.4.